The zero-order valence-corrected chi connectivity index (χ0v) is 14.3. The molecular weight excluding hydrogens is 289 g/mol. The summed E-state index contributed by atoms with van der Waals surface area (Å²) in [7, 11) is 1.93. The monoisotopic (exact) mass is 315 g/mol. The summed E-state index contributed by atoms with van der Waals surface area (Å²) < 4.78 is 13.0. The number of hydrogen-bond acceptors (Lipinski definition) is 2. The molecule has 124 valence electrons. The predicted octanol–water partition coefficient (Wildman–Crippen LogP) is 5.03. The molecule has 4 rings (SSSR count). The van der Waals surface area contributed by atoms with Crippen LogP contribution in [0.2, 0.25) is 0 Å². The maximum absolute atomic E-state index is 13.0. The fraction of sp³-hybridized carbons (Fsp3) is 0.579. The molecule has 1 aromatic carbocycles. The van der Waals surface area contributed by atoms with Crippen LogP contribution in [0.5, 0.6) is 0 Å². The normalized spacial score (nSPS) is 28.1. The van der Waals surface area contributed by atoms with Gasteiger partial charge in [0.1, 0.15) is 11.7 Å². The van der Waals surface area contributed by atoms with Crippen molar-refractivity contribution in [3.8, 4) is 0 Å². The van der Waals surface area contributed by atoms with Crippen molar-refractivity contribution in [3.05, 3.63) is 30.1 Å². The van der Waals surface area contributed by atoms with Crippen molar-refractivity contribution in [2.24, 2.45) is 21.5 Å². The highest BCUT2D eigenvalue weighted by molar-refractivity contribution is 5.96. The van der Waals surface area contributed by atoms with Gasteiger partial charge in [0.15, 0.2) is 0 Å². The van der Waals surface area contributed by atoms with Gasteiger partial charge in [-0.25, -0.2) is 4.39 Å². The summed E-state index contributed by atoms with van der Waals surface area (Å²) in [5.74, 6) is 1.55. The van der Waals surface area contributed by atoms with E-state index in [0.29, 0.717) is 5.41 Å². The number of anilines is 1. The molecule has 0 aliphatic heterocycles. The fourth-order valence-electron chi connectivity index (χ4n) is 3.96. The first-order chi connectivity index (χ1) is 11.0. The zero-order chi connectivity index (χ0) is 16.4. The van der Waals surface area contributed by atoms with Gasteiger partial charge in [-0.1, -0.05) is 0 Å². The Morgan fingerprint density at radius 2 is 1.61 bits per heavy atom. The minimum Gasteiger partial charge on any atom is -0.332 e. The molecule has 3 nitrogen and oxygen atoms in total. The van der Waals surface area contributed by atoms with E-state index in [1.807, 2.05) is 18.9 Å². The van der Waals surface area contributed by atoms with Crippen LogP contribution in [0.4, 0.5) is 10.1 Å². The third-order valence-electron chi connectivity index (χ3n) is 5.90. The van der Waals surface area contributed by atoms with Crippen LogP contribution >= 0.6 is 0 Å². The number of amidine groups is 1. The second-order valence-corrected chi connectivity index (χ2v) is 7.13. The highest BCUT2D eigenvalue weighted by Crippen LogP contribution is 2.51. The molecule has 0 heterocycles. The Balaban J connectivity index is 1.73. The lowest BCUT2D eigenvalue weighted by Crippen LogP contribution is -2.39. The molecular formula is C19H26FN3. The van der Waals surface area contributed by atoms with E-state index in [1.54, 1.807) is 12.1 Å². The largest absolute Gasteiger partial charge is 0.332 e. The van der Waals surface area contributed by atoms with Gasteiger partial charge in [-0.15, -0.1) is 5.10 Å². The van der Waals surface area contributed by atoms with Gasteiger partial charge in [0, 0.05) is 23.9 Å². The van der Waals surface area contributed by atoms with Crippen molar-refractivity contribution in [2.45, 2.75) is 52.4 Å². The number of halogens is 1. The number of rotatable bonds is 3. The lowest BCUT2D eigenvalue weighted by molar-refractivity contribution is 0.127. The summed E-state index contributed by atoms with van der Waals surface area (Å²) in [6.45, 7) is 4.08. The Hall–Kier alpha value is -1.71. The molecule has 3 aliphatic carbocycles. The average Bonchev–Trinajstić information content (AvgIpc) is 2.61. The van der Waals surface area contributed by atoms with Crippen molar-refractivity contribution < 1.29 is 4.39 Å². The Labute approximate surface area is 138 Å². The summed E-state index contributed by atoms with van der Waals surface area (Å²) >= 11 is 0. The first-order valence-corrected chi connectivity index (χ1v) is 8.59. The molecule has 3 saturated carbocycles. The van der Waals surface area contributed by atoms with Gasteiger partial charge in [-0.05, 0) is 82.6 Å². The van der Waals surface area contributed by atoms with Crippen LogP contribution in [0, 0.1) is 17.2 Å². The lowest BCUT2D eigenvalue weighted by atomic mass is 9.59. The maximum Gasteiger partial charge on any atom is 0.128 e. The van der Waals surface area contributed by atoms with Crippen LogP contribution in [0.1, 0.15) is 52.4 Å². The van der Waals surface area contributed by atoms with Gasteiger partial charge in [0.25, 0.3) is 0 Å². The highest BCUT2D eigenvalue weighted by atomic mass is 19.1. The summed E-state index contributed by atoms with van der Waals surface area (Å²) in [5, 5.41) is 9.01. The lowest BCUT2D eigenvalue weighted by Gasteiger charge is -2.46. The van der Waals surface area contributed by atoms with Crippen molar-refractivity contribution in [2.75, 3.05) is 11.9 Å². The fourth-order valence-corrected chi connectivity index (χ4v) is 3.96. The standard InChI is InChI=1S/C19H26FN3/c1-14(19-11-8-16(9-12-19)10-13-19)21-22-15(2)23(3)18-6-4-17(20)5-7-18/h4-7,16H,8-13H2,1-3H3/b21-14+,22-15+. The van der Waals surface area contributed by atoms with Gasteiger partial charge in [0.05, 0.1) is 0 Å². The third kappa shape index (κ3) is 3.31. The van der Waals surface area contributed by atoms with E-state index in [-0.39, 0.29) is 5.82 Å². The van der Waals surface area contributed by atoms with Crippen molar-refractivity contribution in [3.63, 3.8) is 0 Å². The average molecular weight is 315 g/mol. The second kappa shape index (κ2) is 6.42. The number of fused-ring (bicyclic) bond motifs is 3. The van der Waals surface area contributed by atoms with Gasteiger partial charge < -0.3 is 4.90 Å². The zero-order valence-electron chi connectivity index (χ0n) is 14.3. The quantitative estimate of drug-likeness (QED) is 0.437. The van der Waals surface area contributed by atoms with Gasteiger partial charge in [-0.3, -0.25) is 0 Å². The van der Waals surface area contributed by atoms with E-state index in [0.717, 1.165) is 17.4 Å². The van der Waals surface area contributed by atoms with Crippen LogP contribution in [-0.2, 0) is 0 Å². The molecule has 0 atom stereocenters. The summed E-state index contributed by atoms with van der Waals surface area (Å²) in [6, 6.07) is 6.44. The molecule has 3 fully saturated rings. The van der Waals surface area contributed by atoms with Crippen molar-refractivity contribution >= 4 is 17.2 Å². The Bertz CT molecular complexity index is 596. The molecule has 4 heteroatoms. The van der Waals surface area contributed by atoms with Gasteiger partial charge in [0.2, 0.25) is 0 Å². The number of hydrogen-bond donors (Lipinski definition) is 0. The van der Waals surface area contributed by atoms with Crippen LogP contribution < -0.4 is 4.90 Å². The molecule has 0 aromatic heterocycles. The molecule has 3 aliphatic rings. The van der Waals surface area contributed by atoms with Crippen LogP contribution in [0.3, 0.4) is 0 Å². The third-order valence-corrected chi connectivity index (χ3v) is 5.90. The molecule has 0 saturated heterocycles. The SMILES string of the molecule is C/C(=N\N=C(/C)C12CCC(CC1)CC2)N(C)c1ccc(F)cc1. The number of nitrogens with zero attached hydrogens (tertiary/aromatic N) is 3. The smallest absolute Gasteiger partial charge is 0.128 e. The minimum absolute atomic E-state index is 0.224. The maximum atomic E-state index is 13.0. The first-order valence-electron chi connectivity index (χ1n) is 8.59. The van der Waals surface area contributed by atoms with Gasteiger partial charge in [-0.2, -0.15) is 5.10 Å². The van der Waals surface area contributed by atoms with Crippen molar-refractivity contribution in [1.29, 1.82) is 0 Å². The van der Waals surface area contributed by atoms with Crippen LogP contribution in [0.15, 0.2) is 34.5 Å². The second-order valence-electron chi connectivity index (χ2n) is 7.13. The van der Waals surface area contributed by atoms with E-state index < -0.39 is 0 Å². The van der Waals surface area contributed by atoms with Crippen molar-refractivity contribution in [1.82, 2.24) is 0 Å². The van der Waals surface area contributed by atoms with Crippen LogP contribution in [0.25, 0.3) is 0 Å². The van der Waals surface area contributed by atoms with E-state index >= 15 is 0 Å². The molecule has 0 amide bonds. The van der Waals surface area contributed by atoms with E-state index in [4.69, 9.17) is 0 Å². The topological polar surface area (TPSA) is 28.0 Å². The first kappa shape index (κ1) is 16.2. The molecule has 0 unspecified atom stereocenters. The molecule has 0 spiro atoms. The molecule has 0 radical (unpaired) electrons. The van der Waals surface area contributed by atoms with Gasteiger partial charge >= 0.3 is 0 Å². The number of benzene rings is 1. The van der Waals surface area contributed by atoms with E-state index in [9.17, 15) is 4.39 Å². The van der Waals surface area contributed by atoms with Crippen LogP contribution in [-0.4, -0.2) is 18.6 Å². The van der Waals surface area contributed by atoms with E-state index in [2.05, 4.69) is 17.1 Å². The Morgan fingerprint density at radius 1 is 1.04 bits per heavy atom. The molecule has 2 bridgehead atoms. The summed E-state index contributed by atoms with van der Waals surface area (Å²) in [5.41, 5.74) is 2.40. The predicted molar refractivity (Wildman–Crippen MR) is 94.6 cm³/mol. The molecule has 23 heavy (non-hydrogen) atoms. The summed E-state index contributed by atoms with van der Waals surface area (Å²) in [4.78, 5) is 1.94. The summed E-state index contributed by atoms with van der Waals surface area (Å²) in [6.07, 6.45) is 7.88. The minimum atomic E-state index is -0.224. The Morgan fingerprint density at radius 3 is 2.17 bits per heavy atom. The molecule has 0 N–H and O–H groups in total. The Kier molecular flexibility index (Phi) is 4.51. The highest BCUT2D eigenvalue weighted by Gasteiger charge is 2.42. The molecule has 1 aromatic rings. The van der Waals surface area contributed by atoms with E-state index in [1.165, 1.54) is 56.4 Å².